The van der Waals surface area contributed by atoms with Gasteiger partial charge < -0.3 is 18.3 Å². The summed E-state index contributed by atoms with van der Waals surface area (Å²) in [6, 6.07) is 115. The monoisotopic (exact) mass is 1190 g/mol. The number of nitriles is 1. The largest absolute Gasteiger partial charge is 0.309 e. The maximum Gasteiger partial charge on any atom is 0.160 e. The first-order chi connectivity index (χ1) is 46.6. The Balaban J connectivity index is 0.853. The van der Waals surface area contributed by atoms with Gasteiger partial charge in [0, 0.05) is 88.1 Å². The van der Waals surface area contributed by atoms with Crippen LogP contribution in [0.15, 0.2) is 309 Å². The van der Waals surface area contributed by atoms with E-state index in [2.05, 4.69) is 309 Å². The lowest BCUT2D eigenvalue weighted by atomic mass is 9.98. The zero-order chi connectivity index (χ0) is 61.7. The molecule has 434 valence electrons. The molecule has 14 aromatic carbocycles. The zero-order valence-corrected chi connectivity index (χ0v) is 50.6. The number of nitrogens with zero attached hydrogens (tertiary/aromatic N) is 7. The van der Waals surface area contributed by atoms with Crippen LogP contribution in [-0.2, 0) is 0 Å². The first kappa shape index (κ1) is 51.9. The van der Waals surface area contributed by atoms with E-state index in [1.165, 1.54) is 32.6 Å². The van der Waals surface area contributed by atoms with Gasteiger partial charge in [-0.3, -0.25) is 0 Å². The zero-order valence-electron chi connectivity index (χ0n) is 50.6. The molecule has 94 heavy (non-hydrogen) atoms. The molecule has 7 heteroatoms. The minimum atomic E-state index is 0.548. The smallest absolute Gasteiger partial charge is 0.160 e. The van der Waals surface area contributed by atoms with Gasteiger partial charge in [-0.15, -0.1) is 0 Å². The summed E-state index contributed by atoms with van der Waals surface area (Å²) in [5.74, 6) is 0.554. The van der Waals surface area contributed by atoms with E-state index in [0.717, 1.165) is 150 Å². The molecule has 1 aliphatic rings. The summed E-state index contributed by atoms with van der Waals surface area (Å²) >= 11 is 0. The van der Waals surface area contributed by atoms with Crippen LogP contribution in [0.25, 0.3) is 188 Å². The van der Waals surface area contributed by atoms with Crippen LogP contribution in [0.5, 0.6) is 0 Å². The van der Waals surface area contributed by atoms with E-state index in [1.54, 1.807) is 0 Å². The van der Waals surface area contributed by atoms with Gasteiger partial charge in [0.1, 0.15) is 0 Å². The minimum Gasteiger partial charge on any atom is -0.309 e. The summed E-state index contributed by atoms with van der Waals surface area (Å²) in [5, 5.41) is 22.0. The molecule has 0 atom stereocenters. The van der Waals surface area contributed by atoms with Gasteiger partial charge in [0.05, 0.1) is 67.2 Å². The Kier molecular flexibility index (Phi) is 11.1. The maximum atomic E-state index is 10.3. The quantitative estimate of drug-likeness (QED) is 0.152. The Morgan fingerprint density at radius 2 is 0.670 bits per heavy atom. The number of para-hydroxylation sites is 6. The molecule has 0 fully saturated rings. The lowest BCUT2D eigenvalue weighted by molar-refractivity contribution is 1.13. The minimum absolute atomic E-state index is 0.548. The number of hydrogen-bond acceptors (Lipinski definition) is 3. The summed E-state index contributed by atoms with van der Waals surface area (Å²) < 4.78 is 9.69. The van der Waals surface area contributed by atoms with Gasteiger partial charge in [0.15, 0.2) is 5.82 Å². The van der Waals surface area contributed by atoms with Gasteiger partial charge in [-0.25, -0.2) is 9.97 Å². The van der Waals surface area contributed by atoms with E-state index >= 15 is 0 Å². The number of fused-ring (bicyclic) bond motifs is 15. The summed E-state index contributed by atoms with van der Waals surface area (Å²) in [7, 11) is 0. The molecule has 0 N–H and O–H groups in total. The summed E-state index contributed by atoms with van der Waals surface area (Å²) in [5.41, 5.74) is 24.8. The second-order valence-electron chi connectivity index (χ2n) is 24.8. The SMILES string of the molecule is N#Cc1cccc(-c2nc(-c3cc(-n4c5ccccc5c5ccc(-c6ccc7c(c6)c6ccccc6n7-c6ccccc6)cc54)cc(-n4c5ccccc5c5ccc(-c6ccc7c(c6)c6ccccc6n7-c6ccccc6)cc54)c3)c3c(n2)-c2cccc4cccc-3c24)c1. The highest BCUT2D eigenvalue weighted by atomic mass is 15.0. The Morgan fingerprint density at radius 3 is 1.19 bits per heavy atom. The molecule has 0 spiro atoms. The maximum absolute atomic E-state index is 10.3. The fourth-order valence-corrected chi connectivity index (χ4v) is 15.6. The number of aromatic nitrogens is 6. The average Bonchev–Trinajstić information content (AvgIpc) is 1.55. The molecule has 0 bridgehead atoms. The van der Waals surface area contributed by atoms with Crippen molar-refractivity contribution in [2.45, 2.75) is 0 Å². The Bertz CT molecular complexity index is 6190. The predicted octanol–water partition coefficient (Wildman–Crippen LogP) is 22.2. The van der Waals surface area contributed by atoms with Gasteiger partial charge in [-0.05, 0) is 154 Å². The van der Waals surface area contributed by atoms with E-state index in [9.17, 15) is 5.26 Å². The highest BCUT2D eigenvalue weighted by Gasteiger charge is 2.30. The van der Waals surface area contributed by atoms with Crippen molar-refractivity contribution in [2.24, 2.45) is 0 Å². The molecule has 1 aliphatic carbocycles. The molecule has 5 aromatic heterocycles. The molecule has 20 rings (SSSR count). The lowest BCUT2D eigenvalue weighted by Crippen LogP contribution is -2.03. The van der Waals surface area contributed by atoms with E-state index in [4.69, 9.17) is 9.97 Å². The van der Waals surface area contributed by atoms with Gasteiger partial charge in [0.2, 0.25) is 0 Å². The third-order valence-corrected chi connectivity index (χ3v) is 19.7. The van der Waals surface area contributed by atoms with E-state index in [0.29, 0.717) is 11.4 Å². The van der Waals surface area contributed by atoms with Crippen LogP contribution >= 0.6 is 0 Å². The normalized spacial score (nSPS) is 12.0. The van der Waals surface area contributed by atoms with Gasteiger partial charge in [0.25, 0.3) is 0 Å². The van der Waals surface area contributed by atoms with E-state index in [1.807, 2.05) is 24.3 Å². The Hall–Kier alpha value is -12.9. The molecular weight excluding hydrogens is 1140 g/mol. The van der Waals surface area contributed by atoms with Gasteiger partial charge >= 0.3 is 0 Å². The van der Waals surface area contributed by atoms with Crippen molar-refractivity contribution in [3.63, 3.8) is 0 Å². The Morgan fingerprint density at radius 1 is 0.255 bits per heavy atom. The Labute approximate surface area is 539 Å². The number of benzene rings is 14. The first-order valence-corrected chi connectivity index (χ1v) is 31.9. The van der Waals surface area contributed by atoms with Crippen LogP contribution in [0.4, 0.5) is 0 Å². The van der Waals surface area contributed by atoms with Crippen molar-refractivity contribution in [3.8, 4) is 96.1 Å². The number of rotatable bonds is 8. The third-order valence-electron chi connectivity index (χ3n) is 19.7. The number of hydrogen-bond donors (Lipinski definition) is 0. The van der Waals surface area contributed by atoms with Crippen molar-refractivity contribution in [1.82, 2.24) is 28.2 Å². The van der Waals surface area contributed by atoms with Gasteiger partial charge in [-0.1, -0.05) is 194 Å². The van der Waals surface area contributed by atoms with Crippen LogP contribution in [0.1, 0.15) is 5.56 Å². The molecule has 0 unspecified atom stereocenters. The van der Waals surface area contributed by atoms with Crippen LogP contribution < -0.4 is 0 Å². The van der Waals surface area contributed by atoms with Crippen LogP contribution in [0.3, 0.4) is 0 Å². The summed E-state index contributed by atoms with van der Waals surface area (Å²) in [6.45, 7) is 0. The van der Waals surface area contributed by atoms with Crippen molar-refractivity contribution in [1.29, 1.82) is 5.26 Å². The molecule has 0 aliphatic heterocycles. The highest BCUT2D eigenvalue weighted by Crippen LogP contribution is 2.52. The molecule has 7 nitrogen and oxygen atoms in total. The van der Waals surface area contributed by atoms with E-state index in [-0.39, 0.29) is 0 Å². The molecule has 0 saturated heterocycles. The molecule has 19 aromatic rings. The lowest BCUT2D eigenvalue weighted by Gasteiger charge is -2.18. The fraction of sp³-hybridized carbons (Fsp3) is 0. The van der Waals surface area contributed by atoms with Crippen LogP contribution in [-0.4, -0.2) is 28.2 Å². The standard InChI is InChI=1S/C87H51N7/c88-52-53-18-15-21-59(44-53)87-89-85(84-71-30-16-19-54-20-17-31-72(83(54)71)86(84)90-87)60-45-63(93-75-32-11-7-26-65(75)69-40-36-57(49-81(69)93)55-38-42-79-73(47-55)67-28-9-13-34-77(67)91(79)61-22-3-1-4-23-61)51-64(46-60)94-76-33-12-8-27-66(76)70-41-37-58(50-82(70)94)56-39-43-80-74(48-56)68-29-10-14-35-78(68)92(80)62-24-5-2-6-25-62/h1-51H. The third kappa shape index (κ3) is 7.65. The van der Waals surface area contributed by atoms with Crippen molar-refractivity contribution in [2.75, 3.05) is 0 Å². The molecule has 0 saturated carbocycles. The van der Waals surface area contributed by atoms with Crippen LogP contribution in [0.2, 0.25) is 0 Å². The van der Waals surface area contributed by atoms with Crippen molar-refractivity contribution in [3.05, 3.63) is 315 Å². The topological polar surface area (TPSA) is 69.3 Å². The predicted molar refractivity (Wildman–Crippen MR) is 388 cm³/mol. The van der Waals surface area contributed by atoms with Crippen molar-refractivity contribution < 1.29 is 0 Å². The summed E-state index contributed by atoms with van der Waals surface area (Å²) in [4.78, 5) is 11.2. The van der Waals surface area contributed by atoms with Gasteiger partial charge in [-0.2, -0.15) is 5.26 Å². The molecule has 5 heterocycles. The average molecular weight is 1190 g/mol. The molecule has 0 radical (unpaired) electrons. The molecule has 0 amide bonds. The fourth-order valence-electron chi connectivity index (χ4n) is 15.6. The first-order valence-electron chi connectivity index (χ1n) is 31.9. The molecular formula is C87H51N7. The second-order valence-corrected chi connectivity index (χ2v) is 24.8. The highest BCUT2D eigenvalue weighted by molar-refractivity contribution is 6.18. The van der Waals surface area contributed by atoms with Crippen molar-refractivity contribution >= 4 is 98.0 Å². The second kappa shape index (κ2) is 20.1. The van der Waals surface area contributed by atoms with Crippen LogP contribution in [0, 0.1) is 11.3 Å². The van der Waals surface area contributed by atoms with E-state index < -0.39 is 0 Å². The summed E-state index contributed by atoms with van der Waals surface area (Å²) in [6.07, 6.45) is 0.